The van der Waals surface area contributed by atoms with Crippen molar-refractivity contribution >= 4 is 17.5 Å². The second-order valence-corrected chi connectivity index (χ2v) is 12.2. The maximum atomic E-state index is 13.7. The fourth-order valence-electron chi connectivity index (χ4n) is 7.03. The van der Waals surface area contributed by atoms with E-state index in [4.69, 9.17) is 0 Å². The molecule has 3 N–H and O–H groups in total. The van der Waals surface area contributed by atoms with Crippen molar-refractivity contribution < 1.29 is 27.9 Å². The number of alkyl halides is 3. The van der Waals surface area contributed by atoms with Crippen LogP contribution >= 0.6 is 0 Å². The molecule has 44 heavy (non-hydrogen) atoms. The van der Waals surface area contributed by atoms with E-state index in [9.17, 15) is 27.9 Å². The van der Waals surface area contributed by atoms with Crippen LogP contribution in [0.15, 0.2) is 48.5 Å². The highest BCUT2D eigenvalue weighted by molar-refractivity contribution is 5.93. The lowest BCUT2D eigenvalue weighted by Gasteiger charge is -2.36. The van der Waals surface area contributed by atoms with Crippen LogP contribution < -0.4 is 15.5 Å². The van der Waals surface area contributed by atoms with Gasteiger partial charge in [-0.15, -0.1) is 0 Å². The Balaban J connectivity index is 1.23. The number of phenols is 1. The van der Waals surface area contributed by atoms with Crippen molar-refractivity contribution in [3.8, 4) is 5.75 Å². The van der Waals surface area contributed by atoms with Crippen LogP contribution in [0.4, 0.5) is 18.9 Å². The fraction of sp³-hybridized carbons (Fsp3) is 0.412. The lowest BCUT2D eigenvalue weighted by molar-refractivity contribution is -0.138. The second-order valence-electron chi connectivity index (χ2n) is 12.2. The number of hydrogen-bond donors (Lipinski definition) is 3. The van der Waals surface area contributed by atoms with Crippen molar-refractivity contribution in [2.75, 3.05) is 24.5 Å². The summed E-state index contributed by atoms with van der Waals surface area (Å²) < 4.78 is 41.2. The van der Waals surface area contributed by atoms with Crippen molar-refractivity contribution in [1.29, 1.82) is 0 Å². The van der Waals surface area contributed by atoms with E-state index in [1.165, 1.54) is 13.0 Å². The van der Waals surface area contributed by atoms with Crippen LogP contribution in [0.5, 0.6) is 5.75 Å². The van der Waals surface area contributed by atoms with Gasteiger partial charge in [0.05, 0.1) is 17.6 Å². The summed E-state index contributed by atoms with van der Waals surface area (Å²) in [5.41, 5.74) is 6.05. The van der Waals surface area contributed by atoms with E-state index >= 15 is 0 Å². The van der Waals surface area contributed by atoms with Crippen molar-refractivity contribution in [3.63, 3.8) is 0 Å². The molecular formula is C34H37F3N4O3. The Morgan fingerprint density at radius 2 is 1.86 bits per heavy atom. The first kappa shape index (κ1) is 30.1. The number of nitrogens with one attached hydrogen (secondary N) is 2. The summed E-state index contributed by atoms with van der Waals surface area (Å²) >= 11 is 0. The molecule has 2 atom stereocenters. The molecule has 3 aromatic rings. The molecule has 0 radical (unpaired) electrons. The third-order valence-corrected chi connectivity index (χ3v) is 9.22. The number of anilines is 1. The van der Waals surface area contributed by atoms with Crippen molar-refractivity contribution in [1.82, 2.24) is 15.5 Å². The number of aryl methyl sites for hydroxylation is 1. The smallest absolute Gasteiger partial charge is 0.416 e. The highest BCUT2D eigenvalue weighted by Crippen LogP contribution is 2.38. The number of carbonyl (C=O) groups is 2. The molecule has 2 amide bonds. The number of rotatable bonds is 4. The van der Waals surface area contributed by atoms with E-state index in [0.717, 1.165) is 45.1 Å². The number of nitrogens with zero attached hydrogens (tertiary/aromatic N) is 2. The third-order valence-electron chi connectivity index (χ3n) is 9.22. The molecule has 10 heteroatoms. The van der Waals surface area contributed by atoms with E-state index in [1.54, 1.807) is 23.1 Å². The molecule has 0 saturated carbocycles. The molecule has 3 aromatic carbocycles. The predicted molar refractivity (Wildman–Crippen MR) is 161 cm³/mol. The summed E-state index contributed by atoms with van der Waals surface area (Å²) in [7, 11) is 0. The minimum absolute atomic E-state index is 0.0862. The van der Waals surface area contributed by atoms with E-state index in [-0.39, 0.29) is 30.2 Å². The molecule has 6 rings (SSSR count). The zero-order valence-corrected chi connectivity index (χ0v) is 24.9. The van der Waals surface area contributed by atoms with Crippen molar-refractivity contribution in [2.45, 2.75) is 70.9 Å². The zero-order valence-electron chi connectivity index (χ0n) is 24.9. The largest absolute Gasteiger partial charge is 0.508 e. The number of amides is 2. The highest BCUT2D eigenvalue weighted by Gasteiger charge is 2.36. The fourth-order valence-corrected chi connectivity index (χ4v) is 7.03. The molecule has 3 aliphatic heterocycles. The average molecular weight is 607 g/mol. The highest BCUT2D eigenvalue weighted by atomic mass is 19.4. The minimum Gasteiger partial charge on any atom is -0.508 e. The molecule has 3 heterocycles. The second kappa shape index (κ2) is 11.9. The van der Waals surface area contributed by atoms with Crippen LogP contribution in [0, 0.1) is 6.92 Å². The van der Waals surface area contributed by atoms with Gasteiger partial charge < -0.3 is 20.6 Å². The van der Waals surface area contributed by atoms with Gasteiger partial charge in [-0.1, -0.05) is 24.3 Å². The summed E-state index contributed by atoms with van der Waals surface area (Å²) in [5.74, 6) is 0.00971. The van der Waals surface area contributed by atoms with Gasteiger partial charge in [0.2, 0.25) is 11.8 Å². The van der Waals surface area contributed by atoms with Crippen LogP contribution in [-0.2, 0) is 48.1 Å². The Labute approximate surface area is 255 Å². The zero-order chi connectivity index (χ0) is 31.2. The van der Waals surface area contributed by atoms with E-state index in [0.29, 0.717) is 57.4 Å². The van der Waals surface area contributed by atoms with Gasteiger partial charge in [-0.05, 0) is 102 Å². The average Bonchev–Trinajstić information content (AvgIpc) is 3.19. The SMILES string of the molecule is CC(=O)N1CC[C@@H](NC(=O)[C@@H]2Cc3c(C)cc(O)cc3CCN2)c2cc(CN3CCc4cccc(C(F)(F)F)c4C3)ccc21. The topological polar surface area (TPSA) is 84.9 Å². The van der Waals surface area contributed by atoms with Crippen LogP contribution in [0.2, 0.25) is 0 Å². The normalized spacial score (nSPS) is 20.2. The molecule has 0 saturated heterocycles. The maximum Gasteiger partial charge on any atom is 0.416 e. The third kappa shape index (κ3) is 6.05. The van der Waals surface area contributed by atoms with E-state index in [1.807, 2.05) is 30.0 Å². The summed E-state index contributed by atoms with van der Waals surface area (Å²) in [6, 6.07) is 12.9. The number of phenolic OH excluding ortho intramolecular Hbond substituents is 1. The minimum atomic E-state index is -4.41. The summed E-state index contributed by atoms with van der Waals surface area (Å²) in [6.07, 6.45) is -2.11. The molecule has 0 fully saturated rings. The van der Waals surface area contributed by atoms with Crippen molar-refractivity contribution in [3.05, 3.63) is 93.0 Å². The predicted octanol–water partition coefficient (Wildman–Crippen LogP) is 4.95. The Hall–Kier alpha value is -3.89. The standard InChI is InChI=1S/C34H37F3N4O3/c1-20-14-25(43)16-24-8-11-38-31(17-26(20)24)33(44)39-30-10-13-41(21(2)42)32-7-6-22(15-27(30)32)18-40-12-9-23-4-3-5-29(28(23)19-40)34(35,36)37/h3-7,14-16,30-31,38,43H,8-13,17-19H2,1-2H3,(H,39,44)/t30-,31+/m1/s1. The van der Waals surface area contributed by atoms with Gasteiger partial charge in [-0.3, -0.25) is 14.5 Å². The van der Waals surface area contributed by atoms with Gasteiger partial charge in [0.15, 0.2) is 0 Å². The molecule has 0 unspecified atom stereocenters. The number of fused-ring (bicyclic) bond motifs is 3. The van der Waals surface area contributed by atoms with Crippen LogP contribution in [0.25, 0.3) is 0 Å². The number of carbonyl (C=O) groups excluding carboxylic acids is 2. The van der Waals surface area contributed by atoms with E-state index < -0.39 is 17.8 Å². The molecule has 232 valence electrons. The van der Waals surface area contributed by atoms with Crippen molar-refractivity contribution in [2.24, 2.45) is 0 Å². The van der Waals surface area contributed by atoms with E-state index in [2.05, 4.69) is 10.6 Å². The van der Waals surface area contributed by atoms with Gasteiger partial charge in [-0.2, -0.15) is 13.2 Å². The first-order valence-electron chi connectivity index (χ1n) is 15.1. The van der Waals surface area contributed by atoms with Crippen LogP contribution in [-0.4, -0.2) is 47.5 Å². The number of benzene rings is 3. The molecule has 0 bridgehead atoms. The Kier molecular flexibility index (Phi) is 8.15. The first-order valence-corrected chi connectivity index (χ1v) is 15.1. The van der Waals surface area contributed by atoms with Gasteiger partial charge >= 0.3 is 6.18 Å². The lowest BCUT2D eigenvalue weighted by atomic mass is 9.92. The van der Waals surface area contributed by atoms with Crippen LogP contribution in [0.1, 0.15) is 63.9 Å². The van der Waals surface area contributed by atoms with Gasteiger partial charge in [0.25, 0.3) is 0 Å². The molecule has 0 spiro atoms. The molecule has 7 nitrogen and oxygen atoms in total. The Bertz CT molecular complexity index is 1610. The van der Waals surface area contributed by atoms with Crippen LogP contribution in [0.3, 0.4) is 0 Å². The maximum absolute atomic E-state index is 13.7. The molecule has 3 aliphatic rings. The number of hydrogen-bond acceptors (Lipinski definition) is 5. The first-order chi connectivity index (χ1) is 21.0. The van der Waals surface area contributed by atoms with Gasteiger partial charge in [0, 0.05) is 38.8 Å². The Morgan fingerprint density at radius 3 is 2.64 bits per heavy atom. The molecular weight excluding hydrogens is 569 g/mol. The summed E-state index contributed by atoms with van der Waals surface area (Å²) in [5, 5.41) is 16.6. The summed E-state index contributed by atoms with van der Waals surface area (Å²) in [4.78, 5) is 29.9. The monoisotopic (exact) mass is 606 g/mol. The molecule has 0 aromatic heterocycles. The Morgan fingerprint density at radius 1 is 1.05 bits per heavy atom. The quantitative estimate of drug-likeness (QED) is 0.392. The number of aromatic hydroxyl groups is 1. The summed E-state index contributed by atoms with van der Waals surface area (Å²) in [6.45, 7) is 5.82. The van der Waals surface area contributed by atoms with Gasteiger partial charge in [0.1, 0.15) is 5.75 Å². The number of halogens is 3. The molecule has 0 aliphatic carbocycles. The lowest BCUT2D eigenvalue weighted by Crippen LogP contribution is -2.48. The van der Waals surface area contributed by atoms with Gasteiger partial charge in [-0.25, -0.2) is 0 Å².